The average molecular weight is 1610 g/mol. The van der Waals surface area contributed by atoms with Crippen LogP contribution < -0.4 is 44.6 Å². The number of benzene rings is 8. The predicted octanol–water partition coefficient (Wildman–Crippen LogP) is 10.1. The molecule has 118 heavy (non-hydrogen) atoms. The van der Waals surface area contributed by atoms with Gasteiger partial charge in [0.05, 0.1) is 43.4 Å². The number of hydrogen-bond acceptors (Lipinski definition) is 15. The fraction of sp³-hybridized carbons (Fsp3) is 0.432. The molecule has 8 aromatic carbocycles. The Hall–Kier alpha value is -11.1. The lowest BCUT2D eigenvalue weighted by Crippen LogP contribution is -2.49. The van der Waals surface area contributed by atoms with Crippen molar-refractivity contribution < 1.29 is 57.5 Å². The summed E-state index contributed by atoms with van der Waals surface area (Å²) >= 11 is 0. The number of fused-ring (bicyclic) bond motifs is 3. The first kappa shape index (κ1) is 90.8. The van der Waals surface area contributed by atoms with Gasteiger partial charge in [0.2, 0.25) is 47.3 Å². The van der Waals surface area contributed by atoms with Gasteiger partial charge in [0.15, 0.2) is 23.1 Å². The molecule has 9 atom stereocenters. The summed E-state index contributed by atoms with van der Waals surface area (Å²) in [5.41, 5.74) is 33.9. The van der Waals surface area contributed by atoms with E-state index in [0.717, 1.165) is 111 Å². The summed E-state index contributed by atoms with van der Waals surface area (Å²) in [7, 11) is 0. The van der Waals surface area contributed by atoms with Gasteiger partial charge in [-0.15, -0.1) is 0 Å². The topological polar surface area (TPSA) is 381 Å². The number of nitrogens with one attached hydrogen (secondary N) is 3. The summed E-state index contributed by atoms with van der Waals surface area (Å²) in [4.78, 5) is 161. The van der Waals surface area contributed by atoms with E-state index in [4.69, 9.17) is 28.7 Å². The molecule has 3 saturated heterocycles. The molecule has 0 aliphatic carbocycles. The molecule has 13 N–H and O–H groups in total. The van der Waals surface area contributed by atoms with Crippen LogP contribution in [0, 0.1) is 24.7 Å². The van der Waals surface area contributed by atoms with Crippen LogP contribution in [0.3, 0.4) is 0 Å². The first-order valence-electron chi connectivity index (χ1n) is 42.0. The van der Waals surface area contributed by atoms with Gasteiger partial charge in [0, 0.05) is 69.5 Å². The lowest BCUT2D eigenvalue weighted by molar-refractivity contribution is -0.138. The minimum Gasteiger partial charge on any atom is -0.368 e. The maximum Gasteiger partial charge on any atom is 0.240 e. The van der Waals surface area contributed by atoms with E-state index in [-0.39, 0.29) is 110 Å². The summed E-state index contributed by atoms with van der Waals surface area (Å²) in [5.74, 6) is -4.80. The number of unbranched alkanes of at least 4 members (excludes halogenated alkanes) is 3. The van der Waals surface area contributed by atoms with Crippen molar-refractivity contribution in [1.29, 1.82) is 0 Å². The van der Waals surface area contributed by atoms with Crippen molar-refractivity contribution in [3.63, 3.8) is 0 Å². The fourth-order valence-electron chi connectivity index (χ4n) is 16.3. The standard InChI is InChI=1S/C34H42N4O4.C33H40N4O4.C28H37N3O4/c1-23-14-16-24(17-15-23)20-29(33(36)41)37-34(42)27(9-4-5-18-35)21-31(39)30-13-7-19-38(30)32(40)22-26-11-6-10-25-8-2-3-12-28(25)26;34-18-7-6-13-26(33(41)36-28(32(35)40)20-23-10-2-1-3-11-23)21-30(38)29-17-9-19-37(29)31(39)22-25-15-8-14-24-12-4-5-16-27(24)25;1-19(20(2)32)30-28(35)23(10-5-6-15-29)17-26(33)25-14-8-16-31(25)27(34)18-22-12-7-11-21-9-3-4-13-24(21)22/h2-3,6,8,10-12,14-17,27,29-30H,4-5,7,9,13,18-22,35H2,1H3,(H2,36,41)(H,37,42);1-5,8,10-12,14-16,26,28-29H,6-7,9,13,17-22,34H2,(H2,35,40)(H,36,41);3-4,7,9,11-13,19,23,25H,5-6,8,10,14-18,29H2,1-2H3,(H,30,35)/t27-,29+,30+;26-,28+,29+;19-,23+,25-/m110/s1. The summed E-state index contributed by atoms with van der Waals surface area (Å²) in [6.07, 6.45) is 11.0. The molecular weight excluding hydrogens is 1490 g/mol. The van der Waals surface area contributed by atoms with E-state index in [1.807, 2.05) is 189 Å². The van der Waals surface area contributed by atoms with E-state index in [2.05, 4.69) is 16.0 Å². The third-order valence-corrected chi connectivity index (χ3v) is 23.1. The Morgan fingerprint density at radius 1 is 0.381 bits per heavy atom. The Bertz CT molecular complexity index is 4750. The number of primary amides is 2. The number of carbonyl (C=O) groups is 12. The molecule has 23 heteroatoms. The number of likely N-dealkylation sites (tertiary alicyclic amines) is 3. The number of aryl methyl sites for hydroxylation is 1. The molecule has 3 fully saturated rings. The van der Waals surface area contributed by atoms with Crippen molar-refractivity contribution in [3.8, 4) is 0 Å². The minimum atomic E-state index is -0.891. The minimum absolute atomic E-state index is 0.00403. The van der Waals surface area contributed by atoms with Crippen molar-refractivity contribution in [2.24, 2.45) is 46.4 Å². The molecule has 0 aromatic heterocycles. The molecule has 626 valence electrons. The molecule has 3 aliphatic rings. The van der Waals surface area contributed by atoms with Crippen molar-refractivity contribution in [2.45, 2.75) is 205 Å². The number of rotatable bonds is 40. The molecule has 0 unspecified atom stereocenters. The SMILES string of the molecule is CC(=O)[C@H](C)NC(=O)[C@H](CCCCN)CC(=O)[C@@H]1CCCN1C(=O)Cc1cccc2ccccc12.Cc1ccc(C[C@H](NC(=O)[C@H](CCCCN)CC(=O)[C@@H]2CCCN2C(=O)Cc2cccc3ccccc23)C(N)=O)cc1.NCCCC[C@H](CC(=O)[C@@H]1CCCN1C(=O)Cc1cccc2ccccc12)C(=O)N[C@@H](Cc1ccccc1)C(N)=O. The molecule has 3 aliphatic heterocycles. The Kier molecular flexibility index (Phi) is 35.5. The van der Waals surface area contributed by atoms with E-state index in [0.29, 0.717) is 90.6 Å². The molecule has 8 amide bonds. The zero-order valence-corrected chi connectivity index (χ0v) is 68.7. The highest BCUT2D eigenvalue weighted by atomic mass is 16.2. The van der Waals surface area contributed by atoms with E-state index in [1.54, 1.807) is 21.6 Å². The molecule has 3 heterocycles. The normalized spacial score (nSPS) is 16.6. The lowest BCUT2D eigenvalue weighted by Gasteiger charge is -2.26. The fourth-order valence-corrected chi connectivity index (χ4v) is 16.3. The zero-order chi connectivity index (χ0) is 84.6. The summed E-state index contributed by atoms with van der Waals surface area (Å²) in [6, 6.07) is 54.7. The molecule has 0 radical (unpaired) electrons. The van der Waals surface area contributed by atoms with E-state index >= 15 is 0 Å². The largest absolute Gasteiger partial charge is 0.368 e. The number of carbonyl (C=O) groups excluding carboxylic acids is 12. The van der Waals surface area contributed by atoms with Crippen LogP contribution in [-0.4, -0.2) is 161 Å². The van der Waals surface area contributed by atoms with E-state index in [1.165, 1.54) is 6.92 Å². The summed E-state index contributed by atoms with van der Waals surface area (Å²) < 4.78 is 0. The van der Waals surface area contributed by atoms with Crippen LogP contribution in [0.1, 0.15) is 163 Å². The highest BCUT2D eigenvalue weighted by Gasteiger charge is 2.40. The van der Waals surface area contributed by atoms with Gasteiger partial charge in [-0.1, -0.05) is 207 Å². The summed E-state index contributed by atoms with van der Waals surface area (Å²) in [5, 5.41) is 14.7. The van der Waals surface area contributed by atoms with Crippen LogP contribution in [0.4, 0.5) is 0 Å². The molecule has 0 saturated carbocycles. The second-order valence-corrected chi connectivity index (χ2v) is 31.8. The second kappa shape index (κ2) is 46.1. The van der Waals surface area contributed by atoms with Crippen LogP contribution in [-0.2, 0) is 89.6 Å². The number of Topliss-reactive ketones (excluding diaryl/α,β-unsaturated/α-hetero) is 4. The molecule has 0 spiro atoms. The molecular formula is C95H119N11O12. The highest BCUT2D eigenvalue weighted by Crippen LogP contribution is 2.31. The van der Waals surface area contributed by atoms with Crippen molar-refractivity contribution in [2.75, 3.05) is 39.3 Å². The van der Waals surface area contributed by atoms with Crippen LogP contribution in [0.2, 0.25) is 0 Å². The second-order valence-electron chi connectivity index (χ2n) is 31.8. The molecule has 8 aromatic rings. The van der Waals surface area contributed by atoms with Crippen LogP contribution in [0.25, 0.3) is 32.3 Å². The van der Waals surface area contributed by atoms with E-state index in [9.17, 15) is 57.5 Å². The van der Waals surface area contributed by atoms with Crippen molar-refractivity contribution in [3.05, 3.63) is 215 Å². The monoisotopic (exact) mass is 1610 g/mol. The Morgan fingerprint density at radius 2 is 0.686 bits per heavy atom. The third-order valence-electron chi connectivity index (χ3n) is 23.1. The average Bonchev–Trinajstić information content (AvgIpc) is 1.49. The lowest BCUT2D eigenvalue weighted by atomic mass is 9.91. The van der Waals surface area contributed by atoms with Gasteiger partial charge in [0.1, 0.15) is 12.1 Å². The smallest absolute Gasteiger partial charge is 0.240 e. The Morgan fingerprint density at radius 3 is 1.01 bits per heavy atom. The third kappa shape index (κ3) is 26.4. The van der Waals surface area contributed by atoms with Gasteiger partial charge in [-0.25, -0.2) is 0 Å². The van der Waals surface area contributed by atoms with Crippen LogP contribution in [0.5, 0.6) is 0 Å². The molecule has 0 bridgehead atoms. The maximum atomic E-state index is 13.6. The van der Waals surface area contributed by atoms with Gasteiger partial charge in [-0.2, -0.15) is 0 Å². The summed E-state index contributed by atoms with van der Waals surface area (Å²) in [6.45, 7) is 8.12. The van der Waals surface area contributed by atoms with E-state index < -0.39 is 65.8 Å². The quantitative estimate of drug-likeness (QED) is 0.0166. The van der Waals surface area contributed by atoms with Gasteiger partial charge < -0.3 is 59.3 Å². The van der Waals surface area contributed by atoms with Crippen LogP contribution >= 0.6 is 0 Å². The number of amides is 8. The van der Waals surface area contributed by atoms with Crippen molar-refractivity contribution in [1.82, 2.24) is 30.7 Å². The number of hydrogen-bond donors (Lipinski definition) is 8. The first-order valence-corrected chi connectivity index (χ1v) is 42.0. The Labute approximate surface area is 693 Å². The Balaban J connectivity index is 0.000000203. The van der Waals surface area contributed by atoms with Crippen LogP contribution in [0.15, 0.2) is 182 Å². The zero-order valence-electron chi connectivity index (χ0n) is 68.7. The number of nitrogens with two attached hydrogens (primary N) is 5. The van der Waals surface area contributed by atoms with Gasteiger partial charge in [0.25, 0.3) is 0 Å². The van der Waals surface area contributed by atoms with Gasteiger partial charge in [-0.05, 0) is 178 Å². The predicted molar refractivity (Wildman–Crippen MR) is 461 cm³/mol. The molecule has 23 nitrogen and oxygen atoms in total. The number of nitrogens with zero attached hydrogens (tertiary/aromatic N) is 3. The highest BCUT2D eigenvalue weighted by molar-refractivity contribution is 5.99. The molecule has 11 rings (SSSR count). The van der Waals surface area contributed by atoms with Crippen molar-refractivity contribution >= 4 is 103 Å². The number of ketones is 4. The maximum absolute atomic E-state index is 13.6. The van der Waals surface area contributed by atoms with Gasteiger partial charge >= 0.3 is 0 Å². The first-order chi connectivity index (χ1) is 56.9. The van der Waals surface area contributed by atoms with Gasteiger partial charge in [-0.3, -0.25) is 57.5 Å².